The molecule has 1 aliphatic rings. The number of primary sulfonamides is 1. The average Bonchev–Trinajstić information content (AvgIpc) is 2.53. The number of nitrogens with two attached hydrogens (primary N) is 1. The van der Waals surface area contributed by atoms with Crippen LogP contribution in [0, 0.1) is 0 Å². The average molecular weight is 381 g/mol. The molecule has 0 spiro atoms. The molecule has 0 atom stereocenters. The highest BCUT2D eigenvalue weighted by Gasteiger charge is 2.20. The first-order valence-electron chi connectivity index (χ1n) is 7.24. The summed E-state index contributed by atoms with van der Waals surface area (Å²) in [4.78, 5) is 11.3. The van der Waals surface area contributed by atoms with E-state index in [1.165, 1.54) is 36.4 Å². The zero-order valence-electron chi connectivity index (χ0n) is 12.9. The highest BCUT2D eigenvalue weighted by molar-refractivity contribution is 7.92. The smallest absolute Gasteiger partial charge is 0.261 e. The van der Waals surface area contributed by atoms with Crippen LogP contribution in [0.2, 0.25) is 0 Å². The molecule has 25 heavy (non-hydrogen) atoms. The maximum Gasteiger partial charge on any atom is 0.261 e. The van der Waals surface area contributed by atoms with E-state index in [-0.39, 0.29) is 21.4 Å². The van der Waals surface area contributed by atoms with Gasteiger partial charge in [-0.2, -0.15) is 0 Å². The minimum absolute atomic E-state index is 0.0536. The Labute approximate surface area is 145 Å². The predicted octanol–water partition coefficient (Wildman–Crippen LogP) is 1.02. The number of sulfonamides is 2. The van der Waals surface area contributed by atoms with Crippen molar-refractivity contribution < 1.29 is 21.6 Å². The van der Waals surface area contributed by atoms with Crippen molar-refractivity contribution in [2.75, 3.05) is 10.0 Å². The Hall–Kier alpha value is -2.43. The molecule has 0 aromatic heterocycles. The second-order valence-electron chi connectivity index (χ2n) is 5.54. The number of rotatable bonds is 4. The summed E-state index contributed by atoms with van der Waals surface area (Å²) < 4.78 is 49.8. The molecule has 1 heterocycles. The Morgan fingerprint density at radius 1 is 0.920 bits per heavy atom. The molecule has 4 N–H and O–H groups in total. The van der Waals surface area contributed by atoms with Gasteiger partial charge in [-0.1, -0.05) is 0 Å². The molecule has 0 fully saturated rings. The molecule has 0 saturated carbocycles. The molecule has 1 amide bonds. The van der Waals surface area contributed by atoms with Crippen molar-refractivity contribution >= 4 is 37.3 Å². The third-order valence-corrected chi connectivity index (χ3v) is 6.03. The van der Waals surface area contributed by atoms with Crippen molar-refractivity contribution in [3.63, 3.8) is 0 Å². The van der Waals surface area contributed by atoms with E-state index in [1.54, 1.807) is 6.07 Å². The van der Waals surface area contributed by atoms with Crippen LogP contribution in [0.25, 0.3) is 0 Å². The van der Waals surface area contributed by atoms with Crippen molar-refractivity contribution in [3.05, 3.63) is 48.0 Å². The Kier molecular flexibility index (Phi) is 4.27. The Morgan fingerprint density at radius 3 is 2.20 bits per heavy atom. The number of hydrogen-bond donors (Lipinski definition) is 3. The first-order chi connectivity index (χ1) is 11.6. The fraction of sp³-hybridized carbons (Fsp3) is 0.133. The molecule has 3 rings (SSSR count). The van der Waals surface area contributed by atoms with Crippen molar-refractivity contribution in [1.29, 1.82) is 0 Å². The van der Waals surface area contributed by atoms with Gasteiger partial charge in [-0.15, -0.1) is 0 Å². The molecule has 10 heteroatoms. The van der Waals surface area contributed by atoms with Crippen LogP contribution in [0.5, 0.6) is 0 Å². The van der Waals surface area contributed by atoms with Crippen LogP contribution in [0.4, 0.5) is 11.4 Å². The van der Waals surface area contributed by atoms with E-state index < -0.39 is 20.0 Å². The van der Waals surface area contributed by atoms with Gasteiger partial charge in [0.1, 0.15) is 0 Å². The molecule has 0 radical (unpaired) electrons. The van der Waals surface area contributed by atoms with Gasteiger partial charge >= 0.3 is 0 Å². The monoisotopic (exact) mass is 381 g/mol. The minimum atomic E-state index is -3.85. The Bertz CT molecular complexity index is 1050. The number of carbonyl (C=O) groups excluding carboxylic acids is 1. The lowest BCUT2D eigenvalue weighted by molar-refractivity contribution is -0.116. The fourth-order valence-corrected chi connectivity index (χ4v) is 4.08. The largest absolute Gasteiger partial charge is 0.326 e. The molecule has 0 unspecified atom stereocenters. The van der Waals surface area contributed by atoms with Crippen LogP contribution >= 0.6 is 0 Å². The van der Waals surface area contributed by atoms with Gasteiger partial charge in [0.15, 0.2) is 0 Å². The van der Waals surface area contributed by atoms with E-state index in [4.69, 9.17) is 5.14 Å². The highest BCUT2D eigenvalue weighted by atomic mass is 32.2. The normalized spacial score (nSPS) is 14.5. The summed E-state index contributed by atoms with van der Waals surface area (Å²) in [6.45, 7) is 0. The lowest BCUT2D eigenvalue weighted by Gasteiger charge is -2.18. The van der Waals surface area contributed by atoms with Crippen molar-refractivity contribution in [2.24, 2.45) is 5.14 Å². The zero-order chi connectivity index (χ0) is 18.2. The number of benzene rings is 2. The minimum Gasteiger partial charge on any atom is -0.326 e. The highest BCUT2D eigenvalue weighted by Crippen LogP contribution is 2.26. The molecule has 2 aromatic rings. The van der Waals surface area contributed by atoms with E-state index in [0.29, 0.717) is 18.5 Å². The van der Waals surface area contributed by atoms with Crippen molar-refractivity contribution in [2.45, 2.75) is 22.6 Å². The molecule has 0 saturated heterocycles. The number of hydrogen-bond acceptors (Lipinski definition) is 5. The van der Waals surface area contributed by atoms with Crippen LogP contribution in [0.15, 0.2) is 52.3 Å². The van der Waals surface area contributed by atoms with E-state index >= 15 is 0 Å². The standard InChI is InChI=1S/C15H15N3O5S2/c16-24(20,21)12-4-2-11(3-5-12)18-25(22,23)13-6-7-14-10(9-13)1-8-15(19)17-14/h2-7,9,18H,1,8H2,(H,17,19)(H2,16,20,21). The van der Waals surface area contributed by atoms with Crippen LogP contribution in [-0.4, -0.2) is 22.7 Å². The Balaban J connectivity index is 1.86. The maximum absolute atomic E-state index is 12.5. The van der Waals surface area contributed by atoms with Crippen molar-refractivity contribution in [1.82, 2.24) is 0 Å². The summed E-state index contributed by atoms with van der Waals surface area (Å²) in [6, 6.07) is 9.52. The van der Waals surface area contributed by atoms with Gasteiger partial charge in [0, 0.05) is 17.8 Å². The lowest BCUT2D eigenvalue weighted by Crippen LogP contribution is -2.20. The zero-order valence-corrected chi connectivity index (χ0v) is 14.5. The van der Waals surface area contributed by atoms with E-state index in [2.05, 4.69) is 10.0 Å². The van der Waals surface area contributed by atoms with E-state index in [0.717, 1.165) is 5.56 Å². The van der Waals surface area contributed by atoms with Crippen LogP contribution in [-0.2, 0) is 31.3 Å². The summed E-state index contributed by atoms with van der Waals surface area (Å²) >= 11 is 0. The number of fused-ring (bicyclic) bond motifs is 1. The number of carbonyl (C=O) groups is 1. The third-order valence-electron chi connectivity index (χ3n) is 3.72. The van der Waals surface area contributed by atoms with Gasteiger partial charge in [0.05, 0.1) is 9.79 Å². The quantitative estimate of drug-likeness (QED) is 0.726. The molecule has 132 valence electrons. The lowest BCUT2D eigenvalue weighted by atomic mass is 10.0. The second-order valence-corrected chi connectivity index (χ2v) is 8.79. The van der Waals surface area contributed by atoms with E-state index in [1.807, 2.05) is 0 Å². The number of amides is 1. The van der Waals surface area contributed by atoms with Crippen LogP contribution in [0.3, 0.4) is 0 Å². The number of aryl methyl sites for hydroxylation is 1. The summed E-state index contributed by atoms with van der Waals surface area (Å²) in [5, 5.41) is 7.69. The molecule has 1 aliphatic heterocycles. The van der Waals surface area contributed by atoms with Gasteiger partial charge < -0.3 is 5.32 Å². The number of anilines is 2. The second kappa shape index (κ2) is 6.14. The third kappa shape index (κ3) is 3.81. The summed E-state index contributed by atoms with van der Waals surface area (Å²) in [5.74, 6) is -0.101. The topological polar surface area (TPSA) is 135 Å². The SMILES string of the molecule is NS(=O)(=O)c1ccc(NS(=O)(=O)c2ccc3c(c2)CCC(=O)N3)cc1. The molecule has 2 aromatic carbocycles. The van der Waals surface area contributed by atoms with E-state index in [9.17, 15) is 21.6 Å². The molecular formula is C15H15N3O5S2. The maximum atomic E-state index is 12.5. The van der Waals surface area contributed by atoms with Gasteiger partial charge in [0.2, 0.25) is 15.9 Å². The first kappa shape index (κ1) is 17.4. The molecule has 0 aliphatic carbocycles. The molecule has 0 bridgehead atoms. The predicted molar refractivity (Wildman–Crippen MR) is 92.0 cm³/mol. The summed E-state index contributed by atoms with van der Waals surface area (Å²) in [5.41, 5.74) is 1.55. The van der Waals surface area contributed by atoms with Gasteiger partial charge in [0.25, 0.3) is 10.0 Å². The van der Waals surface area contributed by atoms with Crippen molar-refractivity contribution in [3.8, 4) is 0 Å². The molecular weight excluding hydrogens is 366 g/mol. The summed E-state index contributed by atoms with van der Waals surface area (Å²) in [6.07, 6.45) is 0.770. The van der Waals surface area contributed by atoms with Gasteiger partial charge in [-0.25, -0.2) is 22.0 Å². The fourth-order valence-electron chi connectivity index (χ4n) is 2.45. The molecule has 8 nitrogen and oxygen atoms in total. The first-order valence-corrected chi connectivity index (χ1v) is 10.3. The van der Waals surface area contributed by atoms with Gasteiger partial charge in [-0.3, -0.25) is 9.52 Å². The van der Waals surface area contributed by atoms with Crippen LogP contribution < -0.4 is 15.2 Å². The number of nitrogens with one attached hydrogen (secondary N) is 2. The van der Waals surface area contributed by atoms with Gasteiger partial charge in [-0.05, 0) is 54.4 Å². The Morgan fingerprint density at radius 2 is 1.56 bits per heavy atom. The van der Waals surface area contributed by atoms with Crippen LogP contribution in [0.1, 0.15) is 12.0 Å². The summed E-state index contributed by atoms with van der Waals surface area (Å²) in [7, 11) is -7.69.